The number of esters is 2. The van der Waals surface area contributed by atoms with Crippen molar-refractivity contribution < 1.29 is 31.9 Å². The van der Waals surface area contributed by atoms with Crippen molar-refractivity contribution in [3.63, 3.8) is 0 Å². The monoisotopic (exact) mass is 367 g/mol. The largest absolute Gasteiger partial charge is 0.465 e. The first kappa shape index (κ1) is 18.5. The van der Waals surface area contributed by atoms with E-state index in [0.717, 1.165) is 6.07 Å². The fourth-order valence-electron chi connectivity index (χ4n) is 1.99. The lowest BCUT2D eigenvalue weighted by Crippen LogP contribution is -2.12. The van der Waals surface area contributed by atoms with Crippen LogP contribution < -0.4 is 4.72 Å². The number of benzene rings is 1. The Kier molecular flexibility index (Phi) is 5.48. The van der Waals surface area contributed by atoms with E-state index < -0.39 is 27.1 Å². The van der Waals surface area contributed by atoms with E-state index in [1.54, 1.807) is 6.92 Å². The number of carbonyl (C=O) groups excluding carboxylic acids is 2. The normalized spacial score (nSPS) is 11.0. The van der Waals surface area contributed by atoms with E-state index in [0.29, 0.717) is 5.56 Å². The average Bonchev–Trinajstić information content (AvgIpc) is 2.97. The Morgan fingerprint density at radius 2 is 1.80 bits per heavy atom. The van der Waals surface area contributed by atoms with Gasteiger partial charge >= 0.3 is 11.9 Å². The molecule has 0 unspecified atom stereocenters. The number of anilines is 1. The number of furan rings is 1. The summed E-state index contributed by atoms with van der Waals surface area (Å²) in [6.45, 7) is 3.39. The highest BCUT2D eigenvalue weighted by Gasteiger charge is 2.24. The number of methoxy groups -OCH3 is 1. The van der Waals surface area contributed by atoms with Crippen molar-refractivity contribution in [2.75, 3.05) is 18.4 Å². The van der Waals surface area contributed by atoms with Crippen LogP contribution in [0.4, 0.5) is 5.69 Å². The van der Waals surface area contributed by atoms with E-state index in [1.165, 1.54) is 38.3 Å². The molecule has 1 heterocycles. The van der Waals surface area contributed by atoms with Crippen LogP contribution >= 0.6 is 0 Å². The van der Waals surface area contributed by atoms with Crippen LogP contribution in [0.5, 0.6) is 0 Å². The molecule has 0 aliphatic rings. The van der Waals surface area contributed by atoms with Gasteiger partial charge in [0.25, 0.3) is 10.0 Å². The molecule has 1 N–H and O–H groups in total. The van der Waals surface area contributed by atoms with Crippen LogP contribution in [0.2, 0.25) is 0 Å². The number of rotatable bonds is 6. The van der Waals surface area contributed by atoms with E-state index in [9.17, 15) is 18.0 Å². The van der Waals surface area contributed by atoms with Gasteiger partial charge in [-0.2, -0.15) is 8.42 Å². The predicted octanol–water partition coefficient (Wildman–Crippen LogP) is 2.35. The van der Waals surface area contributed by atoms with Gasteiger partial charge in [0.2, 0.25) is 5.09 Å². The highest BCUT2D eigenvalue weighted by molar-refractivity contribution is 7.92. The molecule has 25 heavy (non-hydrogen) atoms. The maximum absolute atomic E-state index is 12.4. The van der Waals surface area contributed by atoms with Gasteiger partial charge in [-0.1, -0.05) is 0 Å². The Labute approximate surface area is 144 Å². The van der Waals surface area contributed by atoms with Crippen molar-refractivity contribution in [3.8, 4) is 0 Å². The zero-order valence-electron chi connectivity index (χ0n) is 13.9. The lowest BCUT2D eigenvalue weighted by molar-refractivity contribution is 0.0525. The fourth-order valence-corrected chi connectivity index (χ4v) is 3.05. The van der Waals surface area contributed by atoms with Crippen LogP contribution in [-0.2, 0) is 19.5 Å². The molecule has 0 fully saturated rings. The molecular weight excluding hydrogens is 350 g/mol. The number of ether oxygens (including phenoxy) is 2. The summed E-state index contributed by atoms with van der Waals surface area (Å²) in [7, 11) is -2.85. The highest BCUT2D eigenvalue weighted by Crippen LogP contribution is 2.22. The summed E-state index contributed by atoms with van der Waals surface area (Å²) in [6, 6.07) is 6.80. The van der Waals surface area contributed by atoms with Crippen molar-refractivity contribution in [3.05, 3.63) is 47.2 Å². The number of carbonyl (C=O) groups is 2. The summed E-state index contributed by atoms with van der Waals surface area (Å²) in [4.78, 5) is 23.1. The first-order valence-corrected chi connectivity index (χ1v) is 8.75. The Balaban J connectivity index is 2.21. The van der Waals surface area contributed by atoms with E-state index >= 15 is 0 Å². The number of aryl methyl sites for hydroxylation is 1. The molecule has 0 saturated carbocycles. The molecule has 0 bridgehead atoms. The van der Waals surface area contributed by atoms with Gasteiger partial charge in [-0.05, 0) is 38.1 Å². The molecular formula is C16H17NO7S. The Bertz CT molecular complexity index is 882. The first-order valence-electron chi connectivity index (χ1n) is 7.27. The molecule has 2 aromatic rings. The third-order valence-electron chi connectivity index (χ3n) is 3.21. The van der Waals surface area contributed by atoms with Gasteiger partial charge in [-0.15, -0.1) is 0 Å². The van der Waals surface area contributed by atoms with Crippen molar-refractivity contribution in [2.45, 2.75) is 18.9 Å². The van der Waals surface area contributed by atoms with Gasteiger partial charge in [0.15, 0.2) is 0 Å². The van der Waals surface area contributed by atoms with Gasteiger partial charge in [0.1, 0.15) is 11.3 Å². The Morgan fingerprint density at radius 3 is 2.36 bits per heavy atom. The van der Waals surface area contributed by atoms with Crippen LogP contribution in [0.15, 0.2) is 39.8 Å². The number of hydrogen-bond acceptors (Lipinski definition) is 7. The SMILES string of the molecule is CCOC(=O)c1ccc(NS(=O)(=O)c2cc(C(=O)OC)c(C)o2)cc1. The second kappa shape index (κ2) is 7.39. The Morgan fingerprint density at radius 1 is 1.16 bits per heavy atom. The van der Waals surface area contributed by atoms with Crippen LogP contribution in [-0.4, -0.2) is 34.1 Å². The highest BCUT2D eigenvalue weighted by atomic mass is 32.2. The zero-order chi connectivity index (χ0) is 18.6. The summed E-state index contributed by atoms with van der Waals surface area (Å²) in [5.74, 6) is -1.06. The molecule has 0 spiro atoms. The van der Waals surface area contributed by atoms with Crippen molar-refractivity contribution in [1.82, 2.24) is 0 Å². The van der Waals surface area contributed by atoms with E-state index in [1.807, 2.05) is 0 Å². The van der Waals surface area contributed by atoms with E-state index in [2.05, 4.69) is 9.46 Å². The molecule has 0 radical (unpaired) electrons. The van der Waals surface area contributed by atoms with Crippen LogP contribution in [0.25, 0.3) is 0 Å². The quantitative estimate of drug-likeness (QED) is 0.780. The van der Waals surface area contributed by atoms with E-state index in [-0.39, 0.29) is 23.6 Å². The number of nitrogens with one attached hydrogen (secondary N) is 1. The number of hydrogen-bond donors (Lipinski definition) is 1. The maximum atomic E-state index is 12.4. The topological polar surface area (TPSA) is 112 Å². The van der Waals surface area contributed by atoms with Gasteiger partial charge < -0.3 is 13.9 Å². The molecule has 0 saturated heterocycles. The average molecular weight is 367 g/mol. The molecule has 0 aliphatic carbocycles. The number of sulfonamides is 1. The van der Waals surface area contributed by atoms with Crippen molar-refractivity contribution in [2.24, 2.45) is 0 Å². The molecule has 0 amide bonds. The summed E-state index contributed by atoms with van der Waals surface area (Å²) in [5.41, 5.74) is 0.550. The van der Waals surface area contributed by atoms with Crippen LogP contribution in [0.1, 0.15) is 33.4 Å². The van der Waals surface area contributed by atoms with E-state index in [4.69, 9.17) is 9.15 Å². The molecule has 1 aromatic heterocycles. The summed E-state index contributed by atoms with van der Waals surface area (Å²) in [5, 5.41) is -0.417. The maximum Gasteiger partial charge on any atom is 0.341 e. The second-order valence-corrected chi connectivity index (χ2v) is 6.54. The van der Waals surface area contributed by atoms with Crippen LogP contribution in [0, 0.1) is 6.92 Å². The summed E-state index contributed by atoms with van der Waals surface area (Å²) < 4.78 is 41.6. The minimum Gasteiger partial charge on any atom is -0.465 e. The van der Waals surface area contributed by atoms with Gasteiger partial charge in [0.05, 0.1) is 19.3 Å². The van der Waals surface area contributed by atoms with Gasteiger partial charge in [-0.25, -0.2) is 9.59 Å². The molecule has 8 nitrogen and oxygen atoms in total. The third-order valence-corrected chi connectivity index (χ3v) is 4.45. The van der Waals surface area contributed by atoms with Crippen molar-refractivity contribution in [1.29, 1.82) is 0 Å². The predicted molar refractivity (Wildman–Crippen MR) is 88.0 cm³/mol. The molecule has 134 valence electrons. The standard InChI is InChI=1S/C16H17NO7S/c1-4-23-15(18)11-5-7-12(8-6-11)17-25(20,21)14-9-13(10(2)24-14)16(19)22-3/h5-9,17H,4H2,1-3H3. The molecule has 0 atom stereocenters. The zero-order valence-corrected chi connectivity index (χ0v) is 14.7. The van der Waals surface area contributed by atoms with Gasteiger partial charge in [-0.3, -0.25) is 4.72 Å². The molecule has 2 rings (SSSR count). The smallest absolute Gasteiger partial charge is 0.341 e. The minimum atomic E-state index is -4.04. The molecule has 0 aliphatic heterocycles. The van der Waals surface area contributed by atoms with Gasteiger partial charge in [0, 0.05) is 11.8 Å². The summed E-state index contributed by atoms with van der Waals surface area (Å²) >= 11 is 0. The lowest BCUT2D eigenvalue weighted by atomic mass is 10.2. The summed E-state index contributed by atoms with van der Waals surface area (Å²) in [6.07, 6.45) is 0. The van der Waals surface area contributed by atoms with Crippen LogP contribution in [0.3, 0.4) is 0 Å². The Hall–Kier alpha value is -2.81. The van der Waals surface area contributed by atoms with Crippen molar-refractivity contribution >= 4 is 27.6 Å². The minimum absolute atomic E-state index is 0.0283. The third kappa shape index (κ3) is 4.18. The molecule has 9 heteroatoms. The fraction of sp³-hybridized carbons (Fsp3) is 0.250. The second-order valence-electron chi connectivity index (χ2n) is 4.93. The lowest BCUT2D eigenvalue weighted by Gasteiger charge is -2.06. The first-order chi connectivity index (χ1) is 11.8. The molecule has 1 aromatic carbocycles.